The molecule has 84 valence electrons. The summed E-state index contributed by atoms with van der Waals surface area (Å²) in [7, 11) is 0. The number of hydrogen-bond donors (Lipinski definition) is 1. The Hall–Kier alpha value is -1.68. The highest BCUT2D eigenvalue weighted by atomic mass is 15.3. The van der Waals surface area contributed by atoms with Crippen molar-refractivity contribution in [2.45, 2.75) is 19.3 Å². The molecule has 0 aliphatic carbocycles. The fourth-order valence-corrected chi connectivity index (χ4v) is 1.71. The van der Waals surface area contributed by atoms with E-state index in [0.29, 0.717) is 5.92 Å². The van der Waals surface area contributed by atoms with E-state index in [1.54, 1.807) is 11.0 Å². The summed E-state index contributed by atoms with van der Waals surface area (Å²) in [4.78, 5) is 3.92. The van der Waals surface area contributed by atoms with Crippen LogP contribution in [-0.4, -0.2) is 21.3 Å². The van der Waals surface area contributed by atoms with Gasteiger partial charge >= 0.3 is 0 Å². The highest BCUT2D eigenvalue weighted by Gasteiger charge is 2.04. The van der Waals surface area contributed by atoms with Crippen molar-refractivity contribution in [1.29, 1.82) is 0 Å². The normalized spacial score (nSPS) is 12.6. The molecule has 0 aliphatic heterocycles. The second-order valence-electron chi connectivity index (χ2n) is 3.91. The van der Waals surface area contributed by atoms with Gasteiger partial charge in [0.2, 0.25) is 0 Å². The van der Waals surface area contributed by atoms with Crippen LogP contribution in [0.15, 0.2) is 36.9 Å². The molecule has 0 fully saturated rings. The summed E-state index contributed by atoms with van der Waals surface area (Å²) < 4.78 is 1.75. The van der Waals surface area contributed by atoms with E-state index in [-0.39, 0.29) is 0 Å². The van der Waals surface area contributed by atoms with Gasteiger partial charge in [0.05, 0.1) is 5.69 Å². The van der Waals surface area contributed by atoms with E-state index >= 15 is 0 Å². The molecule has 0 spiro atoms. The largest absolute Gasteiger partial charge is 0.330 e. The summed E-state index contributed by atoms with van der Waals surface area (Å²) in [6.07, 6.45) is 4.24. The molecule has 0 saturated heterocycles. The van der Waals surface area contributed by atoms with Gasteiger partial charge in [0.25, 0.3) is 0 Å². The zero-order valence-electron chi connectivity index (χ0n) is 9.37. The second-order valence-corrected chi connectivity index (χ2v) is 3.91. The molecular weight excluding hydrogens is 200 g/mol. The van der Waals surface area contributed by atoms with Crippen LogP contribution in [0.2, 0.25) is 0 Å². The predicted molar refractivity (Wildman–Crippen MR) is 63.4 cm³/mol. The van der Waals surface area contributed by atoms with Crippen LogP contribution in [0.25, 0.3) is 5.69 Å². The summed E-state index contributed by atoms with van der Waals surface area (Å²) in [6, 6.07) is 8.35. The summed E-state index contributed by atoms with van der Waals surface area (Å²) in [6.45, 7) is 2.92. The third-order valence-electron chi connectivity index (χ3n) is 2.75. The first kappa shape index (κ1) is 10.8. The van der Waals surface area contributed by atoms with Crippen molar-refractivity contribution in [2.24, 2.45) is 5.73 Å². The first-order valence-corrected chi connectivity index (χ1v) is 5.46. The van der Waals surface area contributed by atoms with Crippen molar-refractivity contribution in [3.63, 3.8) is 0 Å². The average Bonchev–Trinajstić information content (AvgIpc) is 2.83. The van der Waals surface area contributed by atoms with Crippen LogP contribution in [0.4, 0.5) is 0 Å². The summed E-state index contributed by atoms with van der Waals surface area (Å²) in [5, 5.41) is 4.08. The summed E-state index contributed by atoms with van der Waals surface area (Å²) in [5.41, 5.74) is 7.89. The van der Waals surface area contributed by atoms with Crippen LogP contribution < -0.4 is 5.73 Å². The lowest BCUT2D eigenvalue weighted by Crippen LogP contribution is -2.04. The Labute approximate surface area is 95.1 Å². The lowest BCUT2D eigenvalue weighted by molar-refractivity contribution is 0.689. The van der Waals surface area contributed by atoms with Gasteiger partial charge < -0.3 is 5.73 Å². The first-order chi connectivity index (χ1) is 7.81. The molecule has 0 radical (unpaired) electrons. The van der Waals surface area contributed by atoms with Crippen molar-refractivity contribution < 1.29 is 0 Å². The minimum Gasteiger partial charge on any atom is -0.330 e. The Kier molecular flexibility index (Phi) is 3.31. The van der Waals surface area contributed by atoms with Crippen LogP contribution in [0, 0.1) is 0 Å². The van der Waals surface area contributed by atoms with Gasteiger partial charge in [-0.25, -0.2) is 9.67 Å². The van der Waals surface area contributed by atoms with E-state index in [1.165, 1.54) is 11.9 Å². The van der Waals surface area contributed by atoms with E-state index in [9.17, 15) is 0 Å². The molecule has 2 rings (SSSR count). The topological polar surface area (TPSA) is 56.7 Å². The van der Waals surface area contributed by atoms with Crippen LogP contribution >= 0.6 is 0 Å². The molecule has 2 aromatic rings. The molecule has 0 aliphatic rings. The first-order valence-electron chi connectivity index (χ1n) is 5.46. The van der Waals surface area contributed by atoms with Crippen LogP contribution in [-0.2, 0) is 0 Å². The molecule has 1 aromatic heterocycles. The second kappa shape index (κ2) is 4.90. The van der Waals surface area contributed by atoms with Gasteiger partial charge in [0.15, 0.2) is 0 Å². The van der Waals surface area contributed by atoms with E-state index in [1.807, 2.05) is 0 Å². The molecule has 4 nitrogen and oxygen atoms in total. The number of hydrogen-bond acceptors (Lipinski definition) is 3. The van der Waals surface area contributed by atoms with Crippen molar-refractivity contribution in [2.75, 3.05) is 6.54 Å². The van der Waals surface area contributed by atoms with Crippen molar-refractivity contribution >= 4 is 0 Å². The minimum atomic E-state index is 0.509. The van der Waals surface area contributed by atoms with Gasteiger partial charge in [0.1, 0.15) is 12.7 Å². The van der Waals surface area contributed by atoms with Gasteiger partial charge in [-0.3, -0.25) is 0 Å². The standard InChI is InChI=1S/C12H16N4/c1-10(6-7-13)11-2-4-12(5-3-11)16-9-14-8-15-16/h2-5,8-10H,6-7,13H2,1H3. The lowest BCUT2D eigenvalue weighted by atomic mass is 9.98. The highest BCUT2D eigenvalue weighted by molar-refractivity contribution is 5.34. The zero-order chi connectivity index (χ0) is 11.4. The van der Waals surface area contributed by atoms with Crippen LogP contribution in [0.1, 0.15) is 24.8 Å². The quantitative estimate of drug-likeness (QED) is 0.846. The monoisotopic (exact) mass is 216 g/mol. The molecule has 1 atom stereocenters. The molecule has 0 saturated carbocycles. The third kappa shape index (κ3) is 2.28. The fourth-order valence-electron chi connectivity index (χ4n) is 1.71. The van der Waals surface area contributed by atoms with Gasteiger partial charge in [-0.05, 0) is 36.6 Å². The Balaban J connectivity index is 2.16. The van der Waals surface area contributed by atoms with Gasteiger partial charge in [-0.2, -0.15) is 5.10 Å². The number of rotatable bonds is 4. The smallest absolute Gasteiger partial charge is 0.138 e. The molecule has 16 heavy (non-hydrogen) atoms. The molecular formula is C12H16N4. The van der Waals surface area contributed by atoms with E-state index in [2.05, 4.69) is 41.3 Å². The minimum absolute atomic E-state index is 0.509. The molecule has 1 heterocycles. The Morgan fingerprint density at radius 1 is 1.31 bits per heavy atom. The van der Waals surface area contributed by atoms with Gasteiger partial charge in [0, 0.05) is 0 Å². The molecule has 4 heteroatoms. The molecule has 1 unspecified atom stereocenters. The van der Waals surface area contributed by atoms with Crippen molar-refractivity contribution in [3.05, 3.63) is 42.5 Å². The average molecular weight is 216 g/mol. The fraction of sp³-hybridized carbons (Fsp3) is 0.333. The van der Waals surface area contributed by atoms with E-state index in [4.69, 9.17) is 5.73 Å². The van der Waals surface area contributed by atoms with Gasteiger partial charge in [-0.1, -0.05) is 19.1 Å². The predicted octanol–water partition coefficient (Wildman–Crippen LogP) is 1.72. The Morgan fingerprint density at radius 2 is 2.06 bits per heavy atom. The maximum atomic E-state index is 5.55. The SMILES string of the molecule is CC(CCN)c1ccc(-n2cncn2)cc1. The number of nitrogens with two attached hydrogens (primary N) is 1. The molecule has 0 amide bonds. The van der Waals surface area contributed by atoms with E-state index in [0.717, 1.165) is 18.7 Å². The van der Waals surface area contributed by atoms with Crippen molar-refractivity contribution in [3.8, 4) is 5.69 Å². The highest BCUT2D eigenvalue weighted by Crippen LogP contribution is 2.19. The van der Waals surface area contributed by atoms with Gasteiger partial charge in [-0.15, -0.1) is 0 Å². The molecule has 0 bridgehead atoms. The zero-order valence-corrected chi connectivity index (χ0v) is 9.37. The van der Waals surface area contributed by atoms with Crippen molar-refractivity contribution in [1.82, 2.24) is 14.8 Å². The molecule has 1 aromatic carbocycles. The summed E-state index contributed by atoms with van der Waals surface area (Å²) >= 11 is 0. The maximum absolute atomic E-state index is 5.55. The number of nitrogens with zero attached hydrogens (tertiary/aromatic N) is 3. The van der Waals surface area contributed by atoms with Crippen LogP contribution in [0.5, 0.6) is 0 Å². The van der Waals surface area contributed by atoms with E-state index < -0.39 is 0 Å². The summed E-state index contributed by atoms with van der Waals surface area (Å²) in [5.74, 6) is 0.509. The van der Waals surface area contributed by atoms with Crippen LogP contribution in [0.3, 0.4) is 0 Å². The Morgan fingerprint density at radius 3 is 2.62 bits per heavy atom. The molecule has 2 N–H and O–H groups in total. The lowest BCUT2D eigenvalue weighted by Gasteiger charge is -2.10. The third-order valence-corrected chi connectivity index (χ3v) is 2.75. The number of aromatic nitrogens is 3. The number of benzene rings is 1. The Bertz CT molecular complexity index is 419. The maximum Gasteiger partial charge on any atom is 0.138 e.